The number of rotatable bonds is 16. The van der Waals surface area contributed by atoms with Crippen LogP contribution in [0.2, 0.25) is 0 Å². The van der Waals surface area contributed by atoms with Gasteiger partial charge in [-0.1, -0.05) is 4.33 Å². The molecule has 0 fully saturated rings. The molecule has 21 heteroatoms. The lowest BCUT2D eigenvalue weighted by Crippen LogP contribution is -2.05. The van der Waals surface area contributed by atoms with Crippen LogP contribution in [-0.4, -0.2) is 13.7 Å². The smallest absolute Gasteiger partial charge is 0.219 e. The summed E-state index contributed by atoms with van der Waals surface area (Å²) < 4.78 is 24.0. The third-order valence-electron chi connectivity index (χ3n) is 0.501. The van der Waals surface area contributed by atoms with Crippen LogP contribution in [-0.2, 0) is 87.2 Å². The molecule has 0 rings (SSSR count). The largest absolute Gasteiger partial charge is 0.349 e. The summed E-state index contributed by atoms with van der Waals surface area (Å²) in [5, 5.41) is 58.1. The summed E-state index contributed by atoms with van der Waals surface area (Å²) in [6, 6.07) is 0. The molecule has 0 aliphatic heterocycles. The van der Waals surface area contributed by atoms with Gasteiger partial charge in [-0.2, -0.15) is 8.42 Å². The van der Waals surface area contributed by atoms with Crippen LogP contribution in [0.3, 0.4) is 0 Å². The van der Waals surface area contributed by atoms with E-state index < -0.39 is 7.29 Å². The predicted molar refractivity (Wildman–Crippen MR) is 42.9 cm³/mol. The second-order valence-corrected chi connectivity index (χ2v) is 5.65. The highest BCUT2D eigenvalue weighted by molar-refractivity contribution is 14.2. The van der Waals surface area contributed by atoms with Gasteiger partial charge in [-0.05, 0) is 75.6 Å². The maximum Gasteiger partial charge on any atom is 0.349 e. The molecule has 0 aromatic carbocycles. The van der Waals surface area contributed by atoms with Crippen LogP contribution in [0.1, 0.15) is 0 Å². The molecule has 0 heterocycles. The van der Waals surface area contributed by atoms with Crippen molar-refractivity contribution in [2.45, 2.75) is 0 Å². The molecule has 0 saturated heterocycles. The van der Waals surface area contributed by atoms with Crippen LogP contribution in [0.15, 0.2) is 0 Å². The van der Waals surface area contributed by atoms with Crippen LogP contribution in [0.4, 0.5) is 0 Å². The zero-order valence-corrected chi connectivity index (χ0v) is 11.6. The molecule has 0 aliphatic rings. The highest BCUT2D eigenvalue weighted by atomic mass is 127. The molecule has 0 aromatic heterocycles. The molecule has 0 radical (unpaired) electrons. The lowest BCUT2D eigenvalue weighted by atomic mass is 14.0. The van der Waals surface area contributed by atoms with E-state index in [-0.39, 0.29) is 0 Å². The number of hydrogen-bond acceptors (Lipinski definition) is 19. The number of halogens is 1. The lowest BCUT2D eigenvalue weighted by Gasteiger charge is -1.98. The van der Waals surface area contributed by atoms with E-state index in [0.717, 1.165) is 21.2 Å². The minimum absolute atomic E-state index is 0.855. The van der Waals surface area contributed by atoms with E-state index in [4.69, 9.17) is 5.26 Å². The quantitative estimate of drug-likeness (QED) is 0.0970. The van der Waals surface area contributed by atoms with Gasteiger partial charge in [-0.15, -0.1) is 0 Å². The normalized spacial score (nSPS) is 11.9. The second kappa shape index (κ2) is 14.9. The third-order valence-corrected chi connectivity index (χ3v) is 1.16. The van der Waals surface area contributed by atoms with Crippen LogP contribution in [0.5, 0.6) is 0 Å². The Morgan fingerprint density at radius 3 is 1.14 bits per heavy atom. The Balaban J connectivity index is 3.03. The Labute approximate surface area is 122 Å². The lowest BCUT2D eigenvalue weighted by molar-refractivity contribution is -0.885. The van der Waals surface area contributed by atoms with Crippen LogP contribution in [0, 0.1) is 0 Å². The van der Waals surface area contributed by atoms with Crippen LogP contribution in [0.25, 0.3) is 0 Å². The fourth-order valence-corrected chi connectivity index (χ4v) is 0.462. The van der Waals surface area contributed by atoms with Crippen molar-refractivity contribution in [2.75, 3.05) is 0 Å². The molecular formula is HIO19S. The molecule has 0 amide bonds. The minimum Gasteiger partial charge on any atom is -0.219 e. The van der Waals surface area contributed by atoms with E-state index in [1.165, 1.54) is 0 Å². The minimum atomic E-state index is -3.96. The summed E-state index contributed by atoms with van der Waals surface area (Å²) >= 11 is 0.855. The maximum atomic E-state index is 10.3. The Kier molecular flexibility index (Phi) is 14.9. The zero-order chi connectivity index (χ0) is 15.8. The van der Waals surface area contributed by atoms with Crippen molar-refractivity contribution in [3.05, 3.63) is 0 Å². The van der Waals surface area contributed by atoms with Gasteiger partial charge in [-0.3, -0.25) is 0 Å². The van der Waals surface area contributed by atoms with Gasteiger partial charge in [-0.25, -0.2) is 5.26 Å². The van der Waals surface area contributed by atoms with Gasteiger partial charge in [0.15, 0.2) is 0 Å². The SMILES string of the molecule is O=S(=O)(I)OOOOOOOOOOOOOOOOO. The van der Waals surface area contributed by atoms with Gasteiger partial charge in [0.1, 0.15) is 21.2 Å². The maximum absolute atomic E-state index is 10.3. The molecule has 19 nitrogen and oxygen atoms in total. The average molecular weight is 464 g/mol. The number of hydrogen-bond donors (Lipinski definition) is 1. The summed E-state index contributed by atoms with van der Waals surface area (Å²) in [6.45, 7) is 0. The van der Waals surface area contributed by atoms with Crippen molar-refractivity contribution in [3.8, 4) is 0 Å². The van der Waals surface area contributed by atoms with E-state index in [0.29, 0.717) is 0 Å². The summed E-state index contributed by atoms with van der Waals surface area (Å²) in [4.78, 5) is 0. The topological polar surface area (TPSA) is 202 Å². The molecule has 0 atom stereocenters. The van der Waals surface area contributed by atoms with E-state index in [2.05, 4.69) is 79.9 Å². The molecule has 0 bridgehead atoms. The Morgan fingerprint density at radius 1 is 0.571 bits per heavy atom. The summed E-state index contributed by atoms with van der Waals surface area (Å²) in [5.41, 5.74) is 0. The summed E-state index contributed by atoms with van der Waals surface area (Å²) in [5.74, 6) is 0. The van der Waals surface area contributed by atoms with Gasteiger partial charge >= 0.3 is 7.29 Å². The average Bonchev–Trinajstić information content (AvgIpc) is 2.42. The monoisotopic (exact) mass is 464 g/mol. The van der Waals surface area contributed by atoms with E-state index in [1.807, 2.05) is 0 Å². The fourth-order valence-electron chi connectivity index (χ4n) is 0.193. The zero-order valence-electron chi connectivity index (χ0n) is 8.58. The standard InChI is InChI=1S/HIO19S/c1-21(3,4)20-19-18-17-16-15-14-13-12-11-10-9-8-7-6-5-2/h2H. The third kappa shape index (κ3) is 20.0. The van der Waals surface area contributed by atoms with Crippen molar-refractivity contribution in [2.24, 2.45) is 0 Å². The molecule has 0 unspecified atom stereocenters. The van der Waals surface area contributed by atoms with Gasteiger partial charge < -0.3 is 0 Å². The molecule has 0 saturated carbocycles. The van der Waals surface area contributed by atoms with Crippen molar-refractivity contribution in [1.29, 1.82) is 0 Å². The first-order valence-electron chi connectivity index (χ1n) is 3.34. The Morgan fingerprint density at radius 2 is 0.857 bits per heavy atom. The van der Waals surface area contributed by atoms with Crippen molar-refractivity contribution in [1.82, 2.24) is 0 Å². The molecule has 128 valence electrons. The highest BCUT2D eigenvalue weighted by Crippen LogP contribution is 2.04. The first kappa shape index (κ1) is 21.0. The van der Waals surface area contributed by atoms with E-state index in [9.17, 15) is 8.42 Å². The first-order chi connectivity index (χ1) is 10.1. The molecule has 0 spiro atoms. The second-order valence-electron chi connectivity index (χ2n) is 1.49. The Hall–Kier alpha value is -0.000000000000000125. The first-order valence-corrected chi connectivity index (χ1v) is 7.29. The van der Waals surface area contributed by atoms with Gasteiger partial charge in [0.25, 0.3) is 0 Å². The molecule has 0 aliphatic carbocycles. The molecular weight excluding hydrogens is 463 g/mol. The van der Waals surface area contributed by atoms with Crippen LogP contribution < -0.4 is 0 Å². The fraction of sp³-hybridized carbons (Fsp3) is 0. The van der Waals surface area contributed by atoms with Gasteiger partial charge in [0.05, 0.1) is 0 Å². The van der Waals surface area contributed by atoms with Crippen molar-refractivity contribution >= 4 is 28.5 Å². The predicted octanol–water partition coefficient (Wildman–Crippen LogP) is -0.870. The van der Waals surface area contributed by atoms with Crippen molar-refractivity contribution in [3.63, 3.8) is 0 Å². The summed E-state index contributed by atoms with van der Waals surface area (Å²) in [6.07, 6.45) is 0. The van der Waals surface area contributed by atoms with Gasteiger partial charge in [0.2, 0.25) is 0 Å². The highest BCUT2D eigenvalue weighted by Gasteiger charge is 2.06. The summed E-state index contributed by atoms with van der Waals surface area (Å²) in [7, 11) is -3.96. The van der Waals surface area contributed by atoms with E-state index >= 15 is 0 Å². The molecule has 1 N–H and O–H groups in total. The van der Waals surface area contributed by atoms with E-state index in [1.54, 1.807) is 0 Å². The Bertz CT molecular complexity index is 293. The van der Waals surface area contributed by atoms with Gasteiger partial charge in [0, 0.05) is 0 Å². The molecule has 0 aromatic rings. The van der Waals surface area contributed by atoms with Crippen molar-refractivity contribution < 1.29 is 93.6 Å². The van der Waals surface area contributed by atoms with Crippen LogP contribution >= 0.6 is 21.2 Å². The molecule has 21 heavy (non-hydrogen) atoms.